The van der Waals surface area contributed by atoms with Gasteiger partial charge in [0.15, 0.2) is 10.8 Å². The summed E-state index contributed by atoms with van der Waals surface area (Å²) in [4.78, 5) is 29.9. The molecule has 8 heteroatoms. The summed E-state index contributed by atoms with van der Waals surface area (Å²) in [6.07, 6.45) is 0.469. The Balaban J connectivity index is 1.27. The van der Waals surface area contributed by atoms with E-state index in [4.69, 9.17) is 4.42 Å². The minimum Gasteiger partial charge on any atom is -0.457 e. The van der Waals surface area contributed by atoms with Crippen LogP contribution < -0.4 is 10.6 Å². The number of nitrogens with zero attached hydrogens (tertiary/aromatic N) is 1. The van der Waals surface area contributed by atoms with Crippen molar-refractivity contribution in [2.24, 2.45) is 0 Å². The van der Waals surface area contributed by atoms with Crippen LogP contribution in [0.5, 0.6) is 0 Å². The van der Waals surface area contributed by atoms with E-state index in [1.54, 1.807) is 35.2 Å². The minimum atomic E-state index is -0.223. The van der Waals surface area contributed by atoms with Crippen molar-refractivity contribution in [1.82, 2.24) is 10.3 Å². The van der Waals surface area contributed by atoms with Crippen LogP contribution in [0.4, 0.5) is 5.69 Å². The second-order valence-corrected chi connectivity index (χ2v) is 8.96. The number of benzene rings is 2. The summed E-state index contributed by atoms with van der Waals surface area (Å²) in [5.41, 5.74) is 2.12. The van der Waals surface area contributed by atoms with Gasteiger partial charge in [-0.3, -0.25) is 9.59 Å². The fourth-order valence-electron chi connectivity index (χ4n) is 3.20. The zero-order valence-corrected chi connectivity index (χ0v) is 17.4. The Bertz CT molecular complexity index is 1230. The van der Waals surface area contributed by atoms with Crippen LogP contribution in [0.25, 0.3) is 21.0 Å². The predicted octanol–water partition coefficient (Wildman–Crippen LogP) is 4.92. The molecule has 0 saturated heterocycles. The highest BCUT2D eigenvalue weighted by atomic mass is 32.2. The summed E-state index contributed by atoms with van der Waals surface area (Å²) in [5.74, 6) is 1.82. The fourth-order valence-corrected chi connectivity index (χ4v) is 5.06. The zero-order chi connectivity index (χ0) is 20.5. The number of carbonyl (C=O) groups excluding carboxylic acids is 2. The van der Waals surface area contributed by atoms with Gasteiger partial charge in [0.2, 0.25) is 5.91 Å². The van der Waals surface area contributed by atoms with Gasteiger partial charge < -0.3 is 15.1 Å². The number of aromatic nitrogens is 1. The summed E-state index contributed by atoms with van der Waals surface area (Å²) in [6.45, 7) is 0.266. The first-order valence-electron chi connectivity index (χ1n) is 9.45. The van der Waals surface area contributed by atoms with E-state index >= 15 is 0 Å². The second-order valence-electron chi connectivity index (χ2n) is 6.79. The molecular formula is C22H17N3O3S2. The number of para-hydroxylation sites is 1. The maximum absolute atomic E-state index is 12.6. The molecule has 150 valence electrons. The van der Waals surface area contributed by atoms with Gasteiger partial charge in [-0.2, -0.15) is 0 Å². The molecule has 0 aliphatic carbocycles. The quantitative estimate of drug-likeness (QED) is 0.475. The summed E-state index contributed by atoms with van der Waals surface area (Å²) < 4.78 is 6.98. The summed E-state index contributed by atoms with van der Waals surface area (Å²) in [7, 11) is 0. The van der Waals surface area contributed by atoms with Crippen molar-refractivity contribution in [1.29, 1.82) is 0 Å². The van der Waals surface area contributed by atoms with Gasteiger partial charge in [0, 0.05) is 22.6 Å². The number of hydrogen-bond donors (Lipinski definition) is 2. The third kappa shape index (κ3) is 3.83. The maximum Gasteiger partial charge on any atom is 0.251 e. The van der Waals surface area contributed by atoms with E-state index in [-0.39, 0.29) is 18.4 Å². The van der Waals surface area contributed by atoms with Crippen molar-refractivity contribution in [3.8, 4) is 10.8 Å². The molecule has 1 aliphatic heterocycles. The van der Waals surface area contributed by atoms with Crippen LogP contribution in [-0.2, 0) is 11.3 Å². The van der Waals surface area contributed by atoms with E-state index < -0.39 is 0 Å². The molecule has 30 heavy (non-hydrogen) atoms. The third-order valence-corrected chi connectivity index (χ3v) is 6.82. The van der Waals surface area contributed by atoms with E-state index in [9.17, 15) is 9.59 Å². The monoisotopic (exact) mass is 435 g/mol. The molecular weight excluding hydrogens is 418 g/mol. The molecule has 3 heterocycles. The Hall–Kier alpha value is -3.10. The molecule has 0 bridgehead atoms. The number of furan rings is 1. The standard InChI is InChI=1S/C22H17N3O3S2/c26-20-9-10-29-18-8-5-13(11-16(18)24-20)21(27)23-12-14-6-7-17(28-14)22-25-15-3-1-2-4-19(15)30-22/h1-8,11H,9-10,12H2,(H,23,27)(H,24,26). The number of amides is 2. The summed E-state index contributed by atoms with van der Waals surface area (Å²) in [6, 6.07) is 17.0. The maximum atomic E-state index is 12.6. The van der Waals surface area contributed by atoms with Gasteiger partial charge in [-0.1, -0.05) is 12.1 Å². The van der Waals surface area contributed by atoms with Crippen LogP contribution >= 0.6 is 23.1 Å². The lowest BCUT2D eigenvalue weighted by molar-refractivity contribution is -0.115. The zero-order valence-electron chi connectivity index (χ0n) is 15.8. The van der Waals surface area contributed by atoms with Crippen LogP contribution in [0, 0.1) is 0 Å². The van der Waals surface area contributed by atoms with E-state index in [2.05, 4.69) is 15.6 Å². The molecule has 2 aromatic carbocycles. The molecule has 5 rings (SSSR count). The number of carbonyl (C=O) groups is 2. The van der Waals surface area contributed by atoms with Gasteiger partial charge in [0.25, 0.3) is 5.91 Å². The molecule has 6 nitrogen and oxygen atoms in total. The van der Waals surface area contributed by atoms with Crippen LogP contribution in [0.2, 0.25) is 0 Å². The lowest BCUT2D eigenvalue weighted by Crippen LogP contribution is -2.22. The van der Waals surface area contributed by atoms with Crippen molar-refractivity contribution in [2.75, 3.05) is 11.1 Å². The Morgan fingerprint density at radius 3 is 2.97 bits per heavy atom. The first-order chi connectivity index (χ1) is 14.7. The van der Waals surface area contributed by atoms with Crippen molar-refractivity contribution >= 4 is 50.8 Å². The van der Waals surface area contributed by atoms with Gasteiger partial charge in [0.1, 0.15) is 5.76 Å². The largest absolute Gasteiger partial charge is 0.457 e. The van der Waals surface area contributed by atoms with E-state index in [1.165, 1.54) is 0 Å². The molecule has 2 aromatic heterocycles. The highest BCUT2D eigenvalue weighted by Gasteiger charge is 2.16. The predicted molar refractivity (Wildman–Crippen MR) is 119 cm³/mol. The lowest BCUT2D eigenvalue weighted by Gasteiger charge is -2.09. The number of thiazole rings is 1. The molecule has 0 spiro atoms. The highest BCUT2D eigenvalue weighted by Crippen LogP contribution is 2.32. The summed E-state index contributed by atoms with van der Waals surface area (Å²) >= 11 is 3.18. The molecule has 4 aromatic rings. The molecule has 0 atom stereocenters. The van der Waals surface area contributed by atoms with Crippen LogP contribution in [0.3, 0.4) is 0 Å². The molecule has 0 radical (unpaired) electrons. The molecule has 2 amide bonds. The lowest BCUT2D eigenvalue weighted by atomic mass is 10.2. The Morgan fingerprint density at radius 2 is 2.07 bits per heavy atom. The van der Waals surface area contributed by atoms with Gasteiger partial charge >= 0.3 is 0 Å². The first-order valence-corrected chi connectivity index (χ1v) is 11.3. The van der Waals surface area contributed by atoms with Crippen LogP contribution in [-0.4, -0.2) is 22.6 Å². The second kappa shape index (κ2) is 7.97. The van der Waals surface area contributed by atoms with Crippen LogP contribution in [0.15, 0.2) is 63.9 Å². The molecule has 2 N–H and O–H groups in total. The summed E-state index contributed by atoms with van der Waals surface area (Å²) in [5, 5.41) is 6.54. The number of hydrogen-bond acceptors (Lipinski definition) is 6. The van der Waals surface area contributed by atoms with Crippen molar-refractivity contribution in [3.63, 3.8) is 0 Å². The topological polar surface area (TPSA) is 84.2 Å². The number of nitrogens with one attached hydrogen (secondary N) is 2. The minimum absolute atomic E-state index is 0.0308. The number of fused-ring (bicyclic) bond motifs is 2. The normalized spacial score (nSPS) is 13.5. The van der Waals surface area contributed by atoms with E-state index in [0.717, 1.165) is 25.9 Å². The third-order valence-electron chi connectivity index (χ3n) is 4.69. The number of anilines is 1. The van der Waals surface area contributed by atoms with Crippen molar-refractivity contribution in [3.05, 3.63) is 65.9 Å². The van der Waals surface area contributed by atoms with Gasteiger partial charge in [0.05, 0.1) is 22.4 Å². The number of thioether (sulfide) groups is 1. The van der Waals surface area contributed by atoms with Gasteiger partial charge in [-0.25, -0.2) is 4.98 Å². The Kier molecular flexibility index (Phi) is 5.02. The van der Waals surface area contributed by atoms with Crippen molar-refractivity contribution in [2.45, 2.75) is 17.9 Å². The average Bonchev–Trinajstić information content (AvgIpc) is 3.35. The Labute approximate surface area is 180 Å². The molecule has 1 aliphatic rings. The highest BCUT2D eigenvalue weighted by molar-refractivity contribution is 7.99. The number of rotatable bonds is 4. The molecule has 0 unspecified atom stereocenters. The smallest absolute Gasteiger partial charge is 0.251 e. The van der Waals surface area contributed by atoms with Gasteiger partial charge in [-0.15, -0.1) is 23.1 Å². The average molecular weight is 436 g/mol. The molecule has 0 fully saturated rings. The van der Waals surface area contributed by atoms with E-state index in [1.807, 2.05) is 42.5 Å². The first kappa shape index (κ1) is 18.9. The Morgan fingerprint density at radius 1 is 1.17 bits per heavy atom. The fraction of sp³-hybridized carbons (Fsp3) is 0.136. The molecule has 0 saturated carbocycles. The van der Waals surface area contributed by atoms with Crippen LogP contribution in [0.1, 0.15) is 22.5 Å². The SMILES string of the molecule is O=C1CCSc2ccc(C(=O)NCc3ccc(-c4nc5ccccc5s4)o3)cc2N1. The van der Waals surface area contributed by atoms with Crippen molar-refractivity contribution < 1.29 is 14.0 Å². The van der Waals surface area contributed by atoms with Gasteiger partial charge in [-0.05, 0) is 42.5 Å². The van der Waals surface area contributed by atoms with E-state index in [0.29, 0.717) is 29.2 Å².